The smallest absolute Gasteiger partial charge is 0.417 e. The van der Waals surface area contributed by atoms with Crippen LogP contribution in [0.5, 0.6) is 0 Å². The molecule has 4 aromatic rings. The molecule has 0 bridgehead atoms. The lowest BCUT2D eigenvalue weighted by Gasteiger charge is -2.14. The second-order valence-corrected chi connectivity index (χ2v) is 10.6. The molecule has 4 rings (SSSR count). The molecule has 0 amide bonds. The van der Waals surface area contributed by atoms with Crippen molar-refractivity contribution in [1.29, 1.82) is 0 Å². The Balaban J connectivity index is 0.000000204. The molecule has 0 aliphatic carbocycles. The van der Waals surface area contributed by atoms with Crippen LogP contribution in [-0.2, 0) is 27.2 Å². The molecule has 0 saturated heterocycles. The van der Waals surface area contributed by atoms with E-state index in [-0.39, 0.29) is 10.9 Å². The first-order valence-corrected chi connectivity index (χ1v) is 12.7. The maximum atomic E-state index is 12.2. The van der Waals surface area contributed by atoms with E-state index in [9.17, 15) is 26.1 Å². The van der Waals surface area contributed by atoms with Crippen molar-refractivity contribution < 1.29 is 26.1 Å². The van der Waals surface area contributed by atoms with Gasteiger partial charge in [-0.3, -0.25) is 0 Å². The Labute approximate surface area is 200 Å². The van der Waals surface area contributed by atoms with E-state index in [0.717, 1.165) is 12.1 Å². The molecule has 0 aromatic heterocycles. The first kappa shape index (κ1) is 25.6. The zero-order chi connectivity index (χ0) is 24.8. The summed E-state index contributed by atoms with van der Waals surface area (Å²) in [6, 6.07) is 33.6. The number of benzene rings is 4. The quantitative estimate of drug-likeness (QED) is 0.230. The van der Waals surface area contributed by atoms with E-state index in [1.54, 1.807) is 0 Å². The number of alkyl halides is 3. The molecular weight excluding hydrogens is 481 g/mol. The summed E-state index contributed by atoms with van der Waals surface area (Å²) in [5, 5.41) is 0. The predicted molar refractivity (Wildman–Crippen MR) is 126 cm³/mol. The van der Waals surface area contributed by atoms with E-state index in [2.05, 4.69) is 91.9 Å². The molecule has 176 valence electrons. The molecule has 8 heteroatoms. The molecule has 0 aliphatic rings. The van der Waals surface area contributed by atoms with Gasteiger partial charge in [0.25, 0.3) is 0 Å². The lowest BCUT2D eigenvalue weighted by Crippen LogP contribution is -2.12. The summed E-state index contributed by atoms with van der Waals surface area (Å²) >= 11 is 0. The number of aryl methyl sites for hydroxylation is 1. The highest BCUT2D eigenvalue weighted by molar-refractivity contribution is 7.97. The summed E-state index contributed by atoms with van der Waals surface area (Å²) in [7, 11) is -5.11. The van der Waals surface area contributed by atoms with Gasteiger partial charge in [-0.15, -0.1) is 0 Å². The van der Waals surface area contributed by atoms with Gasteiger partial charge in [0.1, 0.15) is 10.1 Å². The van der Waals surface area contributed by atoms with Crippen LogP contribution >= 0.6 is 0 Å². The van der Waals surface area contributed by atoms with Gasteiger partial charge in [-0.2, -0.15) is 13.2 Å². The summed E-state index contributed by atoms with van der Waals surface area (Å²) in [5.41, 5.74) is -0.131. The molecule has 0 N–H and O–H groups in total. The molecule has 0 fully saturated rings. The first-order chi connectivity index (χ1) is 16.1. The summed E-state index contributed by atoms with van der Waals surface area (Å²) < 4.78 is 67.9. The standard InChI is InChI=1S/C19H17S.C7H5F3O3S/c1-16-12-14-19(15-13-16)20(17-8-4-2-5-9-17)18-10-6-3-7-11-18;8-7(9,10)5-3-1-2-4-6(5)14(11,12)13/h2-15H,1H3;1-4H,(H,11,12,13)/q+1;/p-1. The highest BCUT2D eigenvalue weighted by atomic mass is 32.2. The van der Waals surface area contributed by atoms with Gasteiger partial charge in [-0.1, -0.05) is 66.2 Å². The molecule has 0 atom stereocenters. The molecule has 0 spiro atoms. The molecule has 3 nitrogen and oxygen atoms in total. The van der Waals surface area contributed by atoms with Gasteiger partial charge in [0.15, 0.2) is 14.7 Å². The third kappa shape index (κ3) is 6.72. The molecule has 4 aromatic carbocycles. The van der Waals surface area contributed by atoms with Gasteiger partial charge in [0.2, 0.25) is 0 Å². The van der Waals surface area contributed by atoms with Crippen LogP contribution in [-0.4, -0.2) is 13.0 Å². The van der Waals surface area contributed by atoms with Crippen molar-refractivity contribution in [3.63, 3.8) is 0 Å². The monoisotopic (exact) mass is 502 g/mol. The summed E-state index contributed by atoms with van der Waals surface area (Å²) in [4.78, 5) is 2.85. The Hall–Kier alpha value is -3.07. The Morgan fingerprint density at radius 1 is 0.647 bits per heavy atom. The van der Waals surface area contributed by atoms with Gasteiger partial charge in [0, 0.05) is 0 Å². The Morgan fingerprint density at radius 2 is 1.06 bits per heavy atom. The summed E-state index contributed by atoms with van der Waals surface area (Å²) in [5.74, 6) is 0. The highest BCUT2D eigenvalue weighted by Gasteiger charge is 2.34. The van der Waals surface area contributed by atoms with Gasteiger partial charge in [-0.05, 0) is 55.5 Å². The third-order valence-electron chi connectivity index (χ3n) is 4.68. The van der Waals surface area contributed by atoms with Crippen molar-refractivity contribution in [1.82, 2.24) is 0 Å². The fraction of sp³-hybridized carbons (Fsp3) is 0.0769. The van der Waals surface area contributed by atoms with E-state index in [1.165, 1.54) is 20.2 Å². The highest BCUT2D eigenvalue weighted by Crippen LogP contribution is 2.34. The van der Waals surface area contributed by atoms with Crippen molar-refractivity contribution in [2.45, 2.75) is 32.7 Å². The second kappa shape index (κ2) is 10.9. The van der Waals surface area contributed by atoms with Gasteiger partial charge >= 0.3 is 6.18 Å². The van der Waals surface area contributed by atoms with Crippen LogP contribution in [0.4, 0.5) is 13.2 Å². The maximum Gasteiger partial charge on any atom is 0.417 e. The summed E-state index contributed by atoms with van der Waals surface area (Å²) in [6.45, 7) is 2.13. The van der Waals surface area contributed by atoms with E-state index in [1.807, 2.05) is 0 Å². The first-order valence-electron chi connectivity index (χ1n) is 10.1. The molecule has 0 heterocycles. The van der Waals surface area contributed by atoms with E-state index in [4.69, 9.17) is 0 Å². The Kier molecular flexibility index (Phi) is 8.19. The van der Waals surface area contributed by atoms with Crippen LogP contribution in [0, 0.1) is 6.92 Å². The minimum Gasteiger partial charge on any atom is -0.744 e. The fourth-order valence-corrected chi connectivity index (χ4v) is 5.90. The van der Waals surface area contributed by atoms with Gasteiger partial charge < -0.3 is 4.55 Å². The summed E-state index contributed by atoms with van der Waals surface area (Å²) in [6.07, 6.45) is -4.84. The lowest BCUT2D eigenvalue weighted by molar-refractivity contribution is -0.140. The normalized spacial score (nSPS) is 11.6. The zero-order valence-electron chi connectivity index (χ0n) is 18.1. The fourth-order valence-electron chi connectivity index (χ4n) is 3.11. The molecule has 34 heavy (non-hydrogen) atoms. The average Bonchev–Trinajstić information content (AvgIpc) is 2.81. The molecule has 0 unspecified atom stereocenters. The minimum absolute atomic E-state index is 0.0229. The lowest BCUT2D eigenvalue weighted by atomic mass is 10.2. The molecule has 0 radical (unpaired) electrons. The van der Waals surface area contributed by atoms with Crippen molar-refractivity contribution in [2.24, 2.45) is 0 Å². The zero-order valence-corrected chi connectivity index (χ0v) is 19.7. The van der Waals surface area contributed by atoms with Crippen LogP contribution in [0.2, 0.25) is 0 Å². The average molecular weight is 503 g/mol. The van der Waals surface area contributed by atoms with E-state index in [0.29, 0.717) is 12.1 Å². The van der Waals surface area contributed by atoms with Gasteiger partial charge in [0.05, 0.1) is 21.4 Å². The second-order valence-electron chi connectivity index (χ2n) is 7.19. The van der Waals surface area contributed by atoms with Gasteiger partial charge in [-0.25, -0.2) is 8.42 Å². The van der Waals surface area contributed by atoms with Crippen molar-refractivity contribution in [2.75, 3.05) is 0 Å². The van der Waals surface area contributed by atoms with Crippen LogP contribution < -0.4 is 0 Å². The van der Waals surface area contributed by atoms with Crippen molar-refractivity contribution >= 4 is 21.0 Å². The van der Waals surface area contributed by atoms with E-state index >= 15 is 0 Å². The SMILES string of the molecule is Cc1ccc([S+](c2ccccc2)c2ccccc2)cc1.O=S(=O)([O-])c1ccccc1C(F)(F)F. The molecule has 0 aliphatic heterocycles. The molecular formula is C26H21F3O3S2. The number of halogens is 3. The Bertz CT molecular complexity index is 1270. The van der Waals surface area contributed by atoms with Crippen molar-refractivity contribution in [3.05, 3.63) is 120 Å². The maximum absolute atomic E-state index is 12.2. The topological polar surface area (TPSA) is 57.2 Å². The number of rotatable bonds is 4. The predicted octanol–water partition coefficient (Wildman–Crippen LogP) is 6.70. The Morgan fingerprint density at radius 3 is 1.47 bits per heavy atom. The number of hydrogen-bond acceptors (Lipinski definition) is 3. The largest absolute Gasteiger partial charge is 0.744 e. The van der Waals surface area contributed by atoms with Crippen LogP contribution in [0.25, 0.3) is 0 Å². The van der Waals surface area contributed by atoms with Crippen LogP contribution in [0.1, 0.15) is 11.1 Å². The van der Waals surface area contributed by atoms with E-state index < -0.39 is 26.8 Å². The molecule has 0 saturated carbocycles. The number of hydrogen-bond donors (Lipinski definition) is 0. The van der Waals surface area contributed by atoms with Crippen molar-refractivity contribution in [3.8, 4) is 0 Å². The van der Waals surface area contributed by atoms with Crippen LogP contribution in [0.3, 0.4) is 0 Å². The third-order valence-corrected chi connectivity index (χ3v) is 7.80. The van der Waals surface area contributed by atoms with Crippen LogP contribution in [0.15, 0.2) is 129 Å². The minimum atomic E-state index is -5.09.